The Hall–Kier alpha value is -1.84. The number of hydrogen-bond donors (Lipinski definition) is 0. The van der Waals surface area contributed by atoms with Crippen LogP contribution in [0, 0.1) is 23.3 Å². The number of benzene rings is 2. The molecule has 0 atom stereocenters. The molecule has 100 valence electrons. The van der Waals surface area contributed by atoms with Crippen LogP contribution in [0.1, 0.15) is 25.3 Å². The van der Waals surface area contributed by atoms with Gasteiger partial charge in [0.1, 0.15) is 11.6 Å². The molecule has 0 spiro atoms. The Kier molecular flexibility index (Phi) is 3.60. The molecule has 0 aliphatic carbocycles. The van der Waals surface area contributed by atoms with Crippen molar-refractivity contribution in [2.75, 3.05) is 0 Å². The largest absolute Gasteiger partial charge is 0.207 e. The van der Waals surface area contributed by atoms with Crippen molar-refractivity contribution in [1.82, 2.24) is 0 Å². The van der Waals surface area contributed by atoms with Gasteiger partial charge in [0.2, 0.25) is 0 Å². The van der Waals surface area contributed by atoms with Crippen molar-refractivity contribution in [2.24, 2.45) is 0 Å². The van der Waals surface area contributed by atoms with E-state index in [0.717, 1.165) is 11.6 Å². The zero-order valence-electron chi connectivity index (χ0n) is 10.5. The zero-order chi connectivity index (χ0) is 14.2. The molecule has 0 radical (unpaired) electrons. The van der Waals surface area contributed by atoms with Crippen LogP contribution in [-0.2, 0) is 0 Å². The SMILES string of the molecule is CC(C)c1ccc(-c2cc(F)cc(F)c2F)c(F)c1. The molecule has 0 nitrogen and oxygen atoms in total. The van der Waals surface area contributed by atoms with Gasteiger partial charge in [-0.1, -0.05) is 26.0 Å². The summed E-state index contributed by atoms with van der Waals surface area (Å²) in [6.07, 6.45) is 0. The van der Waals surface area contributed by atoms with Gasteiger partial charge in [-0.15, -0.1) is 0 Å². The van der Waals surface area contributed by atoms with E-state index in [1.165, 1.54) is 12.1 Å². The summed E-state index contributed by atoms with van der Waals surface area (Å²) in [6, 6.07) is 5.42. The van der Waals surface area contributed by atoms with Gasteiger partial charge in [0.15, 0.2) is 11.6 Å². The van der Waals surface area contributed by atoms with Crippen LogP contribution in [-0.4, -0.2) is 0 Å². The maximum atomic E-state index is 13.9. The van der Waals surface area contributed by atoms with Crippen molar-refractivity contribution in [3.05, 3.63) is 59.2 Å². The molecule has 0 bridgehead atoms. The summed E-state index contributed by atoms with van der Waals surface area (Å²) in [7, 11) is 0. The second kappa shape index (κ2) is 5.03. The minimum absolute atomic E-state index is 0.109. The lowest BCUT2D eigenvalue weighted by molar-refractivity contribution is 0.496. The minimum atomic E-state index is -1.33. The number of halogens is 4. The minimum Gasteiger partial charge on any atom is -0.207 e. The first-order valence-corrected chi connectivity index (χ1v) is 5.84. The Morgan fingerprint density at radius 2 is 1.47 bits per heavy atom. The van der Waals surface area contributed by atoms with Crippen LogP contribution in [0.15, 0.2) is 30.3 Å². The first-order chi connectivity index (χ1) is 8.90. The van der Waals surface area contributed by atoms with E-state index in [0.29, 0.717) is 6.07 Å². The molecule has 0 aliphatic rings. The Balaban J connectivity index is 2.60. The van der Waals surface area contributed by atoms with E-state index < -0.39 is 28.8 Å². The van der Waals surface area contributed by atoms with E-state index in [4.69, 9.17) is 0 Å². The zero-order valence-corrected chi connectivity index (χ0v) is 10.5. The van der Waals surface area contributed by atoms with Crippen LogP contribution in [0.4, 0.5) is 17.6 Å². The van der Waals surface area contributed by atoms with Gasteiger partial charge in [-0.25, -0.2) is 17.6 Å². The van der Waals surface area contributed by atoms with E-state index in [1.807, 2.05) is 13.8 Å². The van der Waals surface area contributed by atoms with Gasteiger partial charge in [0, 0.05) is 17.2 Å². The molecule has 0 saturated carbocycles. The summed E-state index contributed by atoms with van der Waals surface area (Å²) >= 11 is 0. The average molecular weight is 268 g/mol. The van der Waals surface area contributed by atoms with Crippen LogP contribution >= 0.6 is 0 Å². The standard InChI is InChI=1S/C15H12F4/c1-8(2)9-3-4-11(13(17)5-9)12-6-10(16)7-14(18)15(12)19/h3-8H,1-2H3. The molecule has 0 fully saturated rings. The topological polar surface area (TPSA) is 0 Å². The highest BCUT2D eigenvalue weighted by molar-refractivity contribution is 5.65. The molecule has 0 N–H and O–H groups in total. The lowest BCUT2D eigenvalue weighted by Crippen LogP contribution is -1.96. The first kappa shape index (κ1) is 13.6. The van der Waals surface area contributed by atoms with Gasteiger partial charge in [-0.05, 0) is 23.6 Å². The summed E-state index contributed by atoms with van der Waals surface area (Å²) in [5.41, 5.74) is 0.170. The van der Waals surface area contributed by atoms with Crippen molar-refractivity contribution in [1.29, 1.82) is 0 Å². The Morgan fingerprint density at radius 1 is 0.789 bits per heavy atom. The Morgan fingerprint density at radius 3 is 2.05 bits per heavy atom. The van der Waals surface area contributed by atoms with E-state index in [9.17, 15) is 17.6 Å². The summed E-state index contributed by atoms with van der Waals surface area (Å²) in [5, 5.41) is 0. The van der Waals surface area contributed by atoms with E-state index in [-0.39, 0.29) is 11.5 Å². The molecule has 0 amide bonds. The van der Waals surface area contributed by atoms with Gasteiger partial charge in [0.05, 0.1) is 0 Å². The highest BCUT2D eigenvalue weighted by Crippen LogP contribution is 2.30. The van der Waals surface area contributed by atoms with Crippen molar-refractivity contribution in [3.8, 4) is 11.1 Å². The van der Waals surface area contributed by atoms with Crippen molar-refractivity contribution >= 4 is 0 Å². The Bertz CT molecular complexity index is 618. The molecule has 0 saturated heterocycles. The third-order valence-electron chi connectivity index (χ3n) is 2.94. The molecule has 2 aromatic carbocycles. The first-order valence-electron chi connectivity index (χ1n) is 5.84. The molecule has 19 heavy (non-hydrogen) atoms. The van der Waals surface area contributed by atoms with Crippen molar-refractivity contribution in [2.45, 2.75) is 19.8 Å². The highest BCUT2D eigenvalue weighted by atomic mass is 19.2. The quantitative estimate of drug-likeness (QED) is 0.529. The van der Waals surface area contributed by atoms with Gasteiger partial charge >= 0.3 is 0 Å². The molecule has 0 aromatic heterocycles. The molecule has 2 aromatic rings. The van der Waals surface area contributed by atoms with Crippen LogP contribution in [0.5, 0.6) is 0 Å². The maximum absolute atomic E-state index is 13.9. The summed E-state index contributed by atoms with van der Waals surface area (Å²) in [4.78, 5) is 0. The molecule has 0 aliphatic heterocycles. The molecule has 4 heteroatoms. The van der Waals surface area contributed by atoms with Gasteiger partial charge in [0.25, 0.3) is 0 Å². The van der Waals surface area contributed by atoms with Crippen LogP contribution < -0.4 is 0 Å². The second-order valence-electron chi connectivity index (χ2n) is 4.64. The maximum Gasteiger partial charge on any atom is 0.166 e. The summed E-state index contributed by atoms with van der Waals surface area (Å²) < 4.78 is 53.8. The number of rotatable bonds is 2. The van der Waals surface area contributed by atoms with Gasteiger partial charge < -0.3 is 0 Å². The summed E-state index contributed by atoms with van der Waals surface area (Å²) in [6.45, 7) is 3.77. The predicted octanol–water partition coefficient (Wildman–Crippen LogP) is 5.03. The molecule has 2 rings (SSSR count). The average Bonchev–Trinajstić information content (AvgIpc) is 2.33. The van der Waals surface area contributed by atoms with Crippen LogP contribution in [0.25, 0.3) is 11.1 Å². The van der Waals surface area contributed by atoms with Gasteiger partial charge in [-0.2, -0.15) is 0 Å². The Labute approximate surface area is 108 Å². The normalized spacial score (nSPS) is 11.1. The smallest absolute Gasteiger partial charge is 0.166 e. The third kappa shape index (κ3) is 2.62. The highest BCUT2D eigenvalue weighted by Gasteiger charge is 2.16. The fraction of sp³-hybridized carbons (Fsp3) is 0.200. The van der Waals surface area contributed by atoms with E-state index in [2.05, 4.69) is 0 Å². The monoisotopic (exact) mass is 268 g/mol. The lowest BCUT2D eigenvalue weighted by atomic mass is 9.97. The van der Waals surface area contributed by atoms with Crippen LogP contribution in [0.3, 0.4) is 0 Å². The predicted molar refractivity (Wildman–Crippen MR) is 65.8 cm³/mol. The lowest BCUT2D eigenvalue weighted by Gasteiger charge is -2.10. The van der Waals surface area contributed by atoms with E-state index >= 15 is 0 Å². The molecular weight excluding hydrogens is 256 g/mol. The number of hydrogen-bond acceptors (Lipinski definition) is 0. The van der Waals surface area contributed by atoms with Crippen molar-refractivity contribution < 1.29 is 17.6 Å². The van der Waals surface area contributed by atoms with Crippen LogP contribution in [0.2, 0.25) is 0 Å². The molecule has 0 heterocycles. The third-order valence-corrected chi connectivity index (χ3v) is 2.94. The van der Waals surface area contributed by atoms with Crippen molar-refractivity contribution in [3.63, 3.8) is 0 Å². The fourth-order valence-corrected chi connectivity index (χ4v) is 1.86. The van der Waals surface area contributed by atoms with Gasteiger partial charge in [-0.3, -0.25) is 0 Å². The second-order valence-corrected chi connectivity index (χ2v) is 4.64. The molecule has 0 unspecified atom stereocenters. The van der Waals surface area contributed by atoms with E-state index in [1.54, 1.807) is 6.07 Å². The molecular formula is C15H12F4. The summed E-state index contributed by atoms with van der Waals surface area (Å²) in [5.74, 6) is -4.12. The fourth-order valence-electron chi connectivity index (χ4n) is 1.86.